The molecule has 9 heteroatoms. The maximum Gasteiger partial charge on any atom is 0.402 e. The Morgan fingerprint density at radius 3 is 2.62 bits per heavy atom. The van der Waals surface area contributed by atoms with Gasteiger partial charge in [0.1, 0.15) is 11.9 Å². The molecule has 0 N–H and O–H groups in total. The molecule has 4 aliphatic rings. The summed E-state index contributed by atoms with van der Waals surface area (Å²) in [6.07, 6.45) is 6.78. The number of amidine groups is 1. The van der Waals surface area contributed by atoms with Crippen molar-refractivity contribution in [2.45, 2.75) is 44.7 Å². The number of hydrogen-bond donors (Lipinski definition) is 0. The Morgan fingerprint density at radius 2 is 1.90 bits per heavy atom. The van der Waals surface area contributed by atoms with Gasteiger partial charge in [0.25, 0.3) is 5.91 Å². The van der Waals surface area contributed by atoms with Crippen molar-refractivity contribution in [2.24, 2.45) is 4.99 Å². The van der Waals surface area contributed by atoms with Crippen LogP contribution in [0.1, 0.15) is 43.5 Å². The van der Waals surface area contributed by atoms with E-state index in [4.69, 9.17) is 9.73 Å². The van der Waals surface area contributed by atoms with Crippen LogP contribution in [0, 0.1) is 6.92 Å². The fraction of sp³-hybridized carbons (Fsp3) is 0.700. The number of aliphatic imine (C=N–C) groups is 1. The van der Waals surface area contributed by atoms with Crippen LogP contribution in [0.5, 0.6) is 0 Å². The highest BCUT2D eigenvalue weighted by Gasteiger charge is 2.53. The van der Waals surface area contributed by atoms with Crippen molar-refractivity contribution >= 4 is 23.7 Å². The van der Waals surface area contributed by atoms with Gasteiger partial charge in [0.2, 0.25) is 11.9 Å². The van der Waals surface area contributed by atoms with Crippen LogP contribution in [0.15, 0.2) is 11.2 Å². The third-order valence-electron chi connectivity index (χ3n) is 6.68. The molecule has 1 aliphatic carbocycles. The topological polar surface area (TPSA) is 74.3 Å². The fourth-order valence-electron chi connectivity index (χ4n) is 5.09. The Bertz CT molecular complexity index is 866. The molecular weight excluding hydrogens is 372 g/mol. The van der Waals surface area contributed by atoms with Gasteiger partial charge in [0.05, 0.1) is 19.3 Å². The zero-order valence-electron chi connectivity index (χ0n) is 17.2. The molecule has 2 saturated heterocycles. The molecule has 1 aromatic heterocycles. The lowest BCUT2D eigenvalue weighted by Crippen LogP contribution is -2.63. The van der Waals surface area contributed by atoms with Crippen LogP contribution >= 0.6 is 0 Å². The fourth-order valence-corrected chi connectivity index (χ4v) is 5.09. The minimum absolute atomic E-state index is 0.174. The van der Waals surface area contributed by atoms with E-state index < -0.39 is 6.04 Å². The van der Waals surface area contributed by atoms with Crippen LogP contribution < -0.4 is 4.57 Å². The first kappa shape index (κ1) is 18.7. The number of carbonyl (C=O) groups is 2. The molecule has 29 heavy (non-hydrogen) atoms. The summed E-state index contributed by atoms with van der Waals surface area (Å²) in [5, 5.41) is 0. The van der Waals surface area contributed by atoms with Crippen LogP contribution in [-0.2, 0) is 9.53 Å². The van der Waals surface area contributed by atoms with Gasteiger partial charge in [-0.2, -0.15) is 0 Å². The SMILES string of the molecule is Cc1c[n+]2c(n1C1CCCC1)N=C1C2C(=O)N(CCN2CCOCC2)C(=O)N1C. The van der Waals surface area contributed by atoms with Crippen molar-refractivity contribution < 1.29 is 18.9 Å². The van der Waals surface area contributed by atoms with E-state index in [2.05, 4.69) is 16.4 Å². The van der Waals surface area contributed by atoms with Gasteiger partial charge in [-0.25, -0.2) is 13.9 Å². The van der Waals surface area contributed by atoms with Crippen LogP contribution in [0.3, 0.4) is 0 Å². The van der Waals surface area contributed by atoms with Gasteiger partial charge in [0, 0.05) is 33.2 Å². The van der Waals surface area contributed by atoms with E-state index in [0.717, 1.165) is 37.6 Å². The summed E-state index contributed by atoms with van der Waals surface area (Å²) in [4.78, 5) is 36.2. The van der Waals surface area contributed by atoms with E-state index in [1.54, 1.807) is 11.9 Å². The number of morpholine rings is 1. The average Bonchev–Trinajstić information content (AvgIpc) is 3.42. The third-order valence-corrected chi connectivity index (χ3v) is 6.68. The quantitative estimate of drug-likeness (QED) is 0.706. The van der Waals surface area contributed by atoms with Gasteiger partial charge in [-0.15, -0.1) is 0 Å². The average molecular weight is 401 g/mol. The maximum absolute atomic E-state index is 13.4. The smallest absolute Gasteiger partial charge is 0.379 e. The standard InChI is InChI=1S/C20H29N6O3/c1-14-13-25-16-17(21-19(25)26(14)15-5-3-4-6-15)22(2)20(28)24(18(16)27)8-7-23-9-11-29-12-10-23/h13,15-16H,3-12H2,1-2H3/q+1. The Balaban J connectivity index is 1.42. The molecule has 0 radical (unpaired) electrons. The minimum Gasteiger partial charge on any atom is -0.379 e. The number of imidazole rings is 1. The number of ether oxygens (including phenoxy) is 1. The molecule has 1 unspecified atom stereocenters. The number of amides is 3. The number of urea groups is 1. The summed E-state index contributed by atoms with van der Waals surface area (Å²) in [7, 11) is 1.72. The summed E-state index contributed by atoms with van der Waals surface area (Å²) >= 11 is 0. The van der Waals surface area contributed by atoms with Crippen molar-refractivity contribution in [1.82, 2.24) is 19.3 Å². The molecule has 3 amide bonds. The van der Waals surface area contributed by atoms with E-state index in [9.17, 15) is 9.59 Å². The summed E-state index contributed by atoms with van der Waals surface area (Å²) in [5.41, 5.74) is 1.13. The Labute approximate surface area is 170 Å². The second-order valence-electron chi connectivity index (χ2n) is 8.44. The second-order valence-corrected chi connectivity index (χ2v) is 8.44. The molecule has 5 rings (SSSR count). The summed E-state index contributed by atoms with van der Waals surface area (Å²) < 4.78 is 9.62. The van der Waals surface area contributed by atoms with Crippen molar-refractivity contribution in [3.8, 4) is 0 Å². The van der Waals surface area contributed by atoms with E-state index >= 15 is 0 Å². The van der Waals surface area contributed by atoms with Gasteiger partial charge >= 0.3 is 12.0 Å². The van der Waals surface area contributed by atoms with E-state index in [1.165, 1.54) is 17.7 Å². The van der Waals surface area contributed by atoms with Crippen molar-refractivity contribution in [2.75, 3.05) is 46.4 Å². The van der Waals surface area contributed by atoms with E-state index in [1.807, 2.05) is 10.8 Å². The lowest BCUT2D eigenvalue weighted by atomic mass is 10.1. The number of aryl methyl sites for hydroxylation is 1. The predicted molar refractivity (Wildman–Crippen MR) is 105 cm³/mol. The molecule has 1 atom stereocenters. The number of fused-ring (bicyclic) bond motifs is 3. The van der Waals surface area contributed by atoms with Gasteiger partial charge in [-0.1, -0.05) is 4.99 Å². The molecule has 3 aliphatic heterocycles. The van der Waals surface area contributed by atoms with Gasteiger partial charge in [-0.3, -0.25) is 19.5 Å². The molecule has 0 spiro atoms. The Kier molecular flexibility index (Phi) is 4.66. The first-order valence-electron chi connectivity index (χ1n) is 10.7. The predicted octanol–water partition coefficient (Wildman–Crippen LogP) is 1.01. The minimum atomic E-state index is -0.543. The largest absolute Gasteiger partial charge is 0.402 e. The first-order chi connectivity index (χ1) is 14.1. The molecule has 156 valence electrons. The zero-order chi connectivity index (χ0) is 20.1. The molecule has 0 bridgehead atoms. The van der Waals surface area contributed by atoms with Crippen molar-refractivity contribution in [3.05, 3.63) is 11.9 Å². The Hall–Kier alpha value is -2.26. The highest BCUT2D eigenvalue weighted by atomic mass is 16.5. The number of nitrogens with zero attached hydrogens (tertiary/aromatic N) is 6. The van der Waals surface area contributed by atoms with Crippen LogP contribution in [0.25, 0.3) is 0 Å². The maximum atomic E-state index is 13.4. The molecule has 0 aromatic carbocycles. The van der Waals surface area contributed by atoms with Crippen molar-refractivity contribution in [1.29, 1.82) is 0 Å². The number of imide groups is 1. The molecular formula is C20H29N6O3+. The zero-order valence-corrected chi connectivity index (χ0v) is 17.2. The van der Waals surface area contributed by atoms with Crippen LogP contribution in [0.4, 0.5) is 10.7 Å². The third kappa shape index (κ3) is 2.98. The number of carbonyl (C=O) groups excluding carboxylic acids is 2. The highest BCUT2D eigenvalue weighted by molar-refractivity contribution is 6.19. The summed E-state index contributed by atoms with van der Waals surface area (Å²) in [5.74, 6) is 1.18. The number of hydrogen-bond acceptors (Lipinski definition) is 5. The van der Waals surface area contributed by atoms with E-state index in [0.29, 0.717) is 38.2 Å². The Morgan fingerprint density at radius 1 is 1.17 bits per heavy atom. The summed E-state index contributed by atoms with van der Waals surface area (Å²) in [6, 6.07) is -0.392. The number of likely N-dealkylation sites (N-methyl/N-ethyl adjacent to an activating group) is 1. The van der Waals surface area contributed by atoms with Gasteiger partial charge in [0.15, 0.2) is 0 Å². The van der Waals surface area contributed by atoms with Crippen LogP contribution in [0.2, 0.25) is 0 Å². The number of rotatable bonds is 4. The first-order valence-corrected chi connectivity index (χ1v) is 10.7. The van der Waals surface area contributed by atoms with Crippen LogP contribution in [-0.4, -0.2) is 83.5 Å². The van der Waals surface area contributed by atoms with E-state index in [-0.39, 0.29) is 11.9 Å². The number of aromatic nitrogens is 2. The monoisotopic (exact) mass is 401 g/mol. The van der Waals surface area contributed by atoms with Gasteiger partial charge in [-0.05, 0) is 32.6 Å². The molecule has 3 fully saturated rings. The molecule has 1 saturated carbocycles. The highest BCUT2D eigenvalue weighted by Crippen LogP contribution is 2.37. The normalized spacial score (nSPS) is 25.6. The molecule has 9 nitrogen and oxygen atoms in total. The summed E-state index contributed by atoms with van der Waals surface area (Å²) in [6.45, 7) is 6.23. The van der Waals surface area contributed by atoms with Gasteiger partial charge < -0.3 is 4.74 Å². The molecule has 4 heterocycles. The second kappa shape index (κ2) is 7.21. The lowest BCUT2D eigenvalue weighted by Gasteiger charge is -2.35. The lowest BCUT2D eigenvalue weighted by molar-refractivity contribution is -0.677. The molecule has 1 aromatic rings. The van der Waals surface area contributed by atoms with Crippen molar-refractivity contribution in [3.63, 3.8) is 0 Å².